The SMILES string of the molecule is CCCc1cc(C2CCCN2C(=O)c2cc(-c3ccc(F)cc3)no2)no1. The van der Waals surface area contributed by atoms with Gasteiger partial charge in [-0.1, -0.05) is 17.2 Å². The lowest BCUT2D eigenvalue weighted by Gasteiger charge is -2.21. The predicted molar refractivity (Wildman–Crippen MR) is 95.4 cm³/mol. The van der Waals surface area contributed by atoms with Gasteiger partial charge in [0.05, 0.1) is 6.04 Å². The normalized spacial score (nSPS) is 16.8. The minimum absolute atomic E-state index is 0.119. The molecule has 0 spiro atoms. The van der Waals surface area contributed by atoms with E-state index in [1.807, 2.05) is 6.07 Å². The molecule has 1 unspecified atom stereocenters. The minimum atomic E-state index is -0.325. The molecule has 0 aliphatic carbocycles. The highest BCUT2D eigenvalue weighted by Gasteiger charge is 2.34. The average Bonchev–Trinajstić information content (AvgIpc) is 3.42. The smallest absolute Gasteiger partial charge is 0.293 e. The second kappa shape index (κ2) is 7.34. The number of hydrogen-bond acceptors (Lipinski definition) is 5. The Labute approximate surface area is 155 Å². The van der Waals surface area contributed by atoms with Crippen molar-refractivity contribution in [2.75, 3.05) is 6.54 Å². The van der Waals surface area contributed by atoms with Gasteiger partial charge in [0.15, 0.2) is 0 Å². The zero-order valence-electron chi connectivity index (χ0n) is 15.0. The van der Waals surface area contributed by atoms with E-state index in [4.69, 9.17) is 9.05 Å². The van der Waals surface area contributed by atoms with Crippen LogP contribution in [-0.2, 0) is 6.42 Å². The molecular weight excluding hydrogens is 349 g/mol. The minimum Gasteiger partial charge on any atom is -0.361 e. The van der Waals surface area contributed by atoms with Gasteiger partial charge in [0.1, 0.15) is 23.0 Å². The van der Waals surface area contributed by atoms with Crippen LogP contribution < -0.4 is 0 Å². The lowest BCUT2D eigenvalue weighted by Crippen LogP contribution is -2.30. The van der Waals surface area contributed by atoms with E-state index in [-0.39, 0.29) is 23.5 Å². The molecule has 3 heterocycles. The first-order valence-electron chi connectivity index (χ1n) is 9.15. The van der Waals surface area contributed by atoms with Crippen LogP contribution in [0.25, 0.3) is 11.3 Å². The fourth-order valence-corrected chi connectivity index (χ4v) is 3.44. The van der Waals surface area contributed by atoms with Crippen molar-refractivity contribution in [3.05, 3.63) is 59.4 Å². The van der Waals surface area contributed by atoms with Crippen molar-refractivity contribution in [2.24, 2.45) is 0 Å². The topological polar surface area (TPSA) is 72.4 Å². The third-order valence-corrected chi connectivity index (χ3v) is 4.79. The maximum Gasteiger partial charge on any atom is 0.293 e. The van der Waals surface area contributed by atoms with E-state index < -0.39 is 0 Å². The number of amides is 1. The zero-order chi connectivity index (χ0) is 18.8. The van der Waals surface area contributed by atoms with Crippen LogP contribution in [0.3, 0.4) is 0 Å². The van der Waals surface area contributed by atoms with Crippen LogP contribution in [-0.4, -0.2) is 27.7 Å². The maximum absolute atomic E-state index is 13.1. The highest BCUT2D eigenvalue weighted by Crippen LogP contribution is 2.33. The van der Waals surface area contributed by atoms with Crippen LogP contribution in [0.15, 0.2) is 45.4 Å². The maximum atomic E-state index is 13.1. The van der Waals surface area contributed by atoms with E-state index in [9.17, 15) is 9.18 Å². The van der Waals surface area contributed by atoms with Crippen LogP contribution in [0.4, 0.5) is 4.39 Å². The molecule has 0 saturated carbocycles. The second-order valence-electron chi connectivity index (χ2n) is 6.71. The molecule has 1 atom stereocenters. The van der Waals surface area contributed by atoms with Gasteiger partial charge >= 0.3 is 0 Å². The second-order valence-corrected chi connectivity index (χ2v) is 6.71. The Hall–Kier alpha value is -2.96. The van der Waals surface area contributed by atoms with Gasteiger partial charge in [-0.05, 0) is 43.5 Å². The number of rotatable bonds is 5. The number of benzene rings is 1. The molecule has 140 valence electrons. The Kier molecular flexibility index (Phi) is 4.75. The molecule has 1 aromatic carbocycles. The van der Waals surface area contributed by atoms with E-state index in [1.54, 1.807) is 23.1 Å². The van der Waals surface area contributed by atoms with Crippen molar-refractivity contribution in [1.82, 2.24) is 15.2 Å². The standard InChI is InChI=1S/C20H20FN3O3/c1-2-4-15-11-17(23-26-15)18-5-3-10-24(18)20(25)19-12-16(22-27-19)13-6-8-14(21)9-7-13/h6-9,11-12,18H,2-5,10H2,1H3. The number of aromatic nitrogens is 2. The molecule has 1 aliphatic rings. The van der Waals surface area contributed by atoms with Crippen molar-refractivity contribution in [3.63, 3.8) is 0 Å². The predicted octanol–water partition coefficient (Wildman–Crippen LogP) is 4.40. The molecule has 1 aliphatic heterocycles. The summed E-state index contributed by atoms with van der Waals surface area (Å²) in [4.78, 5) is 14.7. The summed E-state index contributed by atoms with van der Waals surface area (Å²) in [6.45, 7) is 2.71. The summed E-state index contributed by atoms with van der Waals surface area (Å²) < 4.78 is 23.7. The summed E-state index contributed by atoms with van der Waals surface area (Å²) in [7, 11) is 0. The van der Waals surface area contributed by atoms with Gasteiger partial charge in [-0.25, -0.2) is 4.39 Å². The van der Waals surface area contributed by atoms with Crippen LogP contribution in [0.1, 0.15) is 54.2 Å². The summed E-state index contributed by atoms with van der Waals surface area (Å²) in [6.07, 6.45) is 3.54. The van der Waals surface area contributed by atoms with E-state index in [2.05, 4.69) is 17.2 Å². The molecule has 7 heteroatoms. The number of likely N-dealkylation sites (tertiary alicyclic amines) is 1. The number of aryl methyl sites for hydroxylation is 1. The third-order valence-electron chi connectivity index (χ3n) is 4.79. The Balaban J connectivity index is 1.53. The summed E-state index contributed by atoms with van der Waals surface area (Å²) in [5.74, 6) is 0.454. The fourth-order valence-electron chi connectivity index (χ4n) is 3.44. The molecule has 0 N–H and O–H groups in total. The van der Waals surface area contributed by atoms with E-state index >= 15 is 0 Å². The summed E-state index contributed by atoms with van der Waals surface area (Å²) in [5.41, 5.74) is 1.97. The number of halogens is 1. The molecule has 2 aromatic heterocycles. The van der Waals surface area contributed by atoms with Crippen molar-refractivity contribution in [1.29, 1.82) is 0 Å². The van der Waals surface area contributed by atoms with Gasteiger partial charge in [0, 0.05) is 30.7 Å². The summed E-state index contributed by atoms with van der Waals surface area (Å²) >= 11 is 0. The Morgan fingerprint density at radius 3 is 2.81 bits per heavy atom. The van der Waals surface area contributed by atoms with Gasteiger partial charge < -0.3 is 13.9 Å². The first kappa shape index (κ1) is 17.5. The molecule has 0 bridgehead atoms. The number of carbonyl (C=O) groups is 1. The molecule has 1 amide bonds. The Bertz CT molecular complexity index is 932. The highest BCUT2D eigenvalue weighted by atomic mass is 19.1. The number of hydrogen-bond donors (Lipinski definition) is 0. The van der Waals surface area contributed by atoms with Gasteiger partial charge in [-0.3, -0.25) is 4.79 Å². The van der Waals surface area contributed by atoms with Gasteiger partial charge in [-0.15, -0.1) is 0 Å². The lowest BCUT2D eigenvalue weighted by atomic mass is 10.1. The van der Waals surface area contributed by atoms with Crippen LogP contribution in [0, 0.1) is 5.82 Å². The van der Waals surface area contributed by atoms with Crippen molar-refractivity contribution in [2.45, 2.75) is 38.6 Å². The van der Waals surface area contributed by atoms with Crippen LogP contribution >= 0.6 is 0 Å². The average molecular weight is 369 g/mol. The van der Waals surface area contributed by atoms with Gasteiger partial charge in [-0.2, -0.15) is 0 Å². The first-order valence-corrected chi connectivity index (χ1v) is 9.15. The summed E-state index contributed by atoms with van der Waals surface area (Å²) in [6, 6.07) is 9.31. The van der Waals surface area contributed by atoms with E-state index in [1.165, 1.54) is 12.1 Å². The molecule has 1 fully saturated rings. The quantitative estimate of drug-likeness (QED) is 0.667. The largest absolute Gasteiger partial charge is 0.361 e. The van der Waals surface area contributed by atoms with Gasteiger partial charge in [0.25, 0.3) is 5.91 Å². The van der Waals surface area contributed by atoms with Crippen molar-refractivity contribution in [3.8, 4) is 11.3 Å². The lowest BCUT2D eigenvalue weighted by molar-refractivity contribution is 0.0688. The Morgan fingerprint density at radius 2 is 2.04 bits per heavy atom. The van der Waals surface area contributed by atoms with Gasteiger partial charge in [0.2, 0.25) is 5.76 Å². The Morgan fingerprint density at radius 1 is 1.22 bits per heavy atom. The molecule has 4 rings (SSSR count). The fraction of sp³-hybridized carbons (Fsp3) is 0.350. The van der Waals surface area contributed by atoms with E-state index in [0.29, 0.717) is 17.8 Å². The molecule has 6 nitrogen and oxygen atoms in total. The summed E-state index contributed by atoms with van der Waals surface area (Å²) in [5, 5.41) is 8.11. The molecule has 27 heavy (non-hydrogen) atoms. The molecular formula is C20H20FN3O3. The molecule has 1 saturated heterocycles. The zero-order valence-corrected chi connectivity index (χ0v) is 15.0. The number of carbonyl (C=O) groups excluding carboxylic acids is 1. The molecule has 0 radical (unpaired) electrons. The van der Waals surface area contributed by atoms with Crippen LogP contribution in [0.5, 0.6) is 0 Å². The number of nitrogens with zero attached hydrogens (tertiary/aromatic N) is 3. The first-order chi connectivity index (χ1) is 13.2. The highest BCUT2D eigenvalue weighted by molar-refractivity contribution is 5.92. The third kappa shape index (κ3) is 3.49. The van der Waals surface area contributed by atoms with E-state index in [0.717, 1.165) is 37.1 Å². The van der Waals surface area contributed by atoms with Crippen molar-refractivity contribution >= 4 is 5.91 Å². The molecule has 3 aromatic rings. The monoisotopic (exact) mass is 369 g/mol. The van der Waals surface area contributed by atoms with Crippen LogP contribution in [0.2, 0.25) is 0 Å². The van der Waals surface area contributed by atoms with Crippen molar-refractivity contribution < 1.29 is 18.2 Å².